The molecule has 2 rings (SSSR count). The van der Waals surface area contributed by atoms with Crippen LogP contribution in [0, 0.1) is 5.92 Å². The average Bonchev–Trinajstić information content (AvgIpc) is 2.65. The summed E-state index contributed by atoms with van der Waals surface area (Å²) in [5, 5.41) is 6.04. The molecule has 2 N–H and O–H groups in total. The van der Waals surface area contributed by atoms with Gasteiger partial charge in [0.05, 0.1) is 11.3 Å². The summed E-state index contributed by atoms with van der Waals surface area (Å²) in [4.78, 5) is 25.4. The molecule has 0 aromatic heterocycles. The van der Waals surface area contributed by atoms with Gasteiger partial charge in [0.2, 0.25) is 5.91 Å². The first-order valence-corrected chi connectivity index (χ1v) is 10.4. The predicted octanol–water partition coefficient (Wildman–Crippen LogP) is 4.00. The van der Waals surface area contributed by atoms with Crippen molar-refractivity contribution < 1.29 is 9.59 Å². The fourth-order valence-electron chi connectivity index (χ4n) is 3.03. The molecule has 0 saturated heterocycles. The van der Waals surface area contributed by atoms with Gasteiger partial charge in [-0.2, -0.15) is 0 Å². The van der Waals surface area contributed by atoms with E-state index >= 15 is 0 Å². The maximum absolute atomic E-state index is 12.4. The van der Waals surface area contributed by atoms with Crippen molar-refractivity contribution in [2.45, 2.75) is 63.3 Å². The number of hydrogen-bond acceptors (Lipinski definition) is 3. The van der Waals surface area contributed by atoms with Crippen molar-refractivity contribution in [1.82, 2.24) is 10.6 Å². The number of thioether (sulfide) groups is 1. The van der Waals surface area contributed by atoms with Crippen molar-refractivity contribution in [2.24, 2.45) is 5.92 Å². The zero-order valence-electron chi connectivity index (χ0n) is 15.3. The van der Waals surface area contributed by atoms with E-state index in [1.807, 2.05) is 38.1 Å². The van der Waals surface area contributed by atoms with E-state index in [4.69, 9.17) is 0 Å². The Morgan fingerprint density at radius 3 is 2.64 bits per heavy atom. The van der Waals surface area contributed by atoms with Gasteiger partial charge in [-0.15, -0.1) is 11.8 Å². The maximum atomic E-state index is 12.4. The van der Waals surface area contributed by atoms with E-state index in [9.17, 15) is 9.59 Å². The maximum Gasteiger partial charge on any atom is 0.252 e. The summed E-state index contributed by atoms with van der Waals surface area (Å²) in [5.41, 5.74) is 0.646. The summed E-state index contributed by atoms with van der Waals surface area (Å²) in [5.74, 6) is 0.962. The van der Waals surface area contributed by atoms with Crippen molar-refractivity contribution >= 4 is 23.6 Å². The Morgan fingerprint density at radius 1 is 1.20 bits per heavy atom. The fourth-order valence-corrected chi connectivity index (χ4v) is 3.91. The average molecular weight is 363 g/mol. The van der Waals surface area contributed by atoms with Gasteiger partial charge in [-0.3, -0.25) is 9.59 Å². The molecule has 4 nitrogen and oxygen atoms in total. The van der Waals surface area contributed by atoms with E-state index in [0.29, 0.717) is 17.2 Å². The van der Waals surface area contributed by atoms with E-state index < -0.39 is 0 Å². The zero-order chi connectivity index (χ0) is 18.1. The Kier molecular flexibility index (Phi) is 8.32. The van der Waals surface area contributed by atoms with Crippen molar-refractivity contribution in [3.63, 3.8) is 0 Å². The van der Waals surface area contributed by atoms with Crippen LogP contribution in [0.4, 0.5) is 0 Å². The molecule has 0 heterocycles. The van der Waals surface area contributed by atoms with Crippen LogP contribution in [-0.2, 0) is 4.79 Å². The van der Waals surface area contributed by atoms with Crippen LogP contribution in [0.15, 0.2) is 29.2 Å². The third-order valence-corrected chi connectivity index (χ3v) is 5.87. The molecule has 0 spiro atoms. The summed E-state index contributed by atoms with van der Waals surface area (Å²) in [6, 6.07) is 7.63. The third kappa shape index (κ3) is 6.73. The van der Waals surface area contributed by atoms with Crippen LogP contribution < -0.4 is 10.6 Å². The molecule has 25 heavy (non-hydrogen) atoms. The van der Waals surface area contributed by atoms with Gasteiger partial charge < -0.3 is 10.6 Å². The number of benzene rings is 1. The monoisotopic (exact) mass is 362 g/mol. The molecular formula is C20H30N2O2S. The Labute approximate surface area is 155 Å². The zero-order valence-corrected chi connectivity index (χ0v) is 16.2. The molecule has 1 aromatic carbocycles. The Hall–Kier alpha value is -1.49. The lowest BCUT2D eigenvalue weighted by Gasteiger charge is -2.21. The summed E-state index contributed by atoms with van der Waals surface area (Å²) in [6.45, 7) is 4.82. The SMILES string of the molecule is CCC(C)NC(=O)c1ccccc1SCC(=O)NCC1CCCCC1. The van der Waals surface area contributed by atoms with E-state index in [1.54, 1.807) is 0 Å². The van der Waals surface area contributed by atoms with E-state index in [2.05, 4.69) is 10.6 Å². The minimum absolute atomic E-state index is 0.0488. The smallest absolute Gasteiger partial charge is 0.252 e. The molecule has 0 radical (unpaired) electrons. The lowest BCUT2D eigenvalue weighted by molar-refractivity contribution is -0.118. The van der Waals surface area contributed by atoms with Crippen LogP contribution in [0.25, 0.3) is 0 Å². The molecule has 0 bridgehead atoms. The standard InChI is InChI=1S/C20H30N2O2S/c1-3-15(2)22-20(24)17-11-7-8-12-18(17)25-14-19(23)21-13-16-9-5-4-6-10-16/h7-8,11-12,15-16H,3-6,9-10,13-14H2,1-2H3,(H,21,23)(H,22,24). The summed E-state index contributed by atoms with van der Waals surface area (Å²) < 4.78 is 0. The van der Waals surface area contributed by atoms with Gasteiger partial charge in [-0.05, 0) is 44.2 Å². The molecule has 1 aliphatic rings. The molecular weight excluding hydrogens is 332 g/mol. The van der Waals surface area contributed by atoms with Gasteiger partial charge in [0.15, 0.2) is 0 Å². The van der Waals surface area contributed by atoms with Gasteiger partial charge in [-0.1, -0.05) is 38.3 Å². The molecule has 1 unspecified atom stereocenters. The molecule has 1 saturated carbocycles. The summed E-state index contributed by atoms with van der Waals surface area (Å²) >= 11 is 1.43. The lowest BCUT2D eigenvalue weighted by atomic mass is 9.89. The highest BCUT2D eigenvalue weighted by molar-refractivity contribution is 8.00. The number of nitrogens with one attached hydrogen (secondary N) is 2. The first-order valence-electron chi connectivity index (χ1n) is 9.39. The van der Waals surface area contributed by atoms with Crippen molar-refractivity contribution in [3.8, 4) is 0 Å². The van der Waals surface area contributed by atoms with Crippen LogP contribution in [0.1, 0.15) is 62.7 Å². The largest absolute Gasteiger partial charge is 0.355 e. The second-order valence-electron chi connectivity index (χ2n) is 6.88. The second-order valence-corrected chi connectivity index (χ2v) is 7.89. The van der Waals surface area contributed by atoms with Crippen LogP contribution in [0.3, 0.4) is 0 Å². The van der Waals surface area contributed by atoms with Crippen molar-refractivity contribution in [3.05, 3.63) is 29.8 Å². The predicted molar refractivity (Wildman–Crippen MR) is 104 cm³/mol. The topological polar surface area (TPSA) is 58.2 Å². The van der Waals surface area contributed by atoms with Crippen LogP contribution >= 0.6 is 11.8 Å². The molecule has 2 amide bonds. The van der Waals surface area contributed by atoms with Crippen molar-refractivity contribution in [1.29, 1.82) is 0 Å². The van der Waals surface area contributed by atoms with Gasteiger partial charge in [0.25, 0.3) is 5.91 Å². The normalized spacial score (nSPS) is 16.2. The fraction of sp³-hybridized carbons (Fsp3) is 0.600. The second kappa shape index (κ2) is 10.5. The van der Waals surface area contributed by atoms with E-state index in [1.165, 1.54) is 43.9 Å². The Bertz CT molecular complexity index is 571. The highest BCUT2D eigenvalue weighted by atomic mass is 32.2. The van der Waals surface area contributed by atoms with Gasteiger partial charge >= 0.3 is 0 Å². The Morgan fingerprint density at radius 2 is 1.92 bits per heavy atom. The molecule has 1 aromatic rings. The molecule has 0 aliphatic heterocycles. The van der Waals surface area contributed by atoms with Crippen LogP contribution in [0.5, 0.6) is 0 Å². The lowest BCUT2D eigenvalue weighted by Crippen LogP contribution is -2.32. The highest BCUT2D eigenvalue weighted by Crippen LogP contribution is 2.24. The quantitative estimate of drug-likeness (QED) is 0.687. The first kappa shape index (κ1) is 19.8. The van der Waals surface area contributed by atoms with E-state index in [-0.39, 0.29) is 17.9 Å². The molecule has 1 aliphatic carbocycles. The highest BCUT2D eigenvalue weighted by Gasteiger charge is 2.16. The Balaban J connectivity index is 1.83. The van der Waals surface area contributed by atoms with Crippen LogP contribution in [-0.4, -0.2) is 30.2 Å². The van der Waals surface area contributed by atoms with Gasteiger partial charge in [0.1, 0.15) is 0 Å². The number of amides is 2. The van der Waals surface area contributed by atoms with Gasteiger partial charge in [-0.25, -0.2) is 0 Å². The summed E-state index contributed by atoms with van der Waals surface area (Å²) in [7, 11) is 0. The summed E-state index contributed by atoms with van der Waals surface area (Å²) in [6.07, 6.45) is 7.25. The number of carbonyl (C=O) groups is 2. The molecule has 1 fully saturated rings. The number of rotatable bonds is 8. The molecule has 1 atom stereocenters. The first-order chi connectivity index (χ1) is 12.1. The minimum Gasteiger partial charge on any atom is -0.355 e. The third-order valence-electron chi connectivity index (χ3n) is 4.79. The molecule has 138 valence electrons. The number of carbonyl (C=O) groups excluding carboxylic acids is 2. The number of hydrogen-bond donors (Lipinski definition) is 2. The molecule has 5 heteroatoms. The van der Waals surface area contributed by atoms with E-state index in [0.717, 1.165) is 17.9 Å². The van der Waals surface area contributed by atoms with Gasteiger partial charge in [0, 0.05) is 17.5 Å². The van der Waals surface area contributed by atoms with Crippen LogP contribution in [0.2, 0.25) is 0 Å². The van der Waals surface area contributed by atoms with Crippen molar-refractivity contribution in [2.75, 3.05) is 12.3 Å². The minimum atomic E-state index is -0.0694.